The van der Waals surface area contributed by atoms with Gasteiger partial charge < -0.3 is 4.74 Å². The number of nitrogens with zero attached hydrogens (tertiary/aromatic N) is 2. The SMILES string of the molecule is COc1cc(C(NN)c2cc(C)n(C)n2)ccc1Cl. The molecule has 2 aromatic rings. The molecule has 6 heteroatoms. The second-order valence-electron chi connectivity index (χ2n) is 4.33. The molecular weight excluding hydrogens is 264 g/mol. The van der Waals surface area contributed by atoms with Crippen LogP contribution >= 0.6 is 11.6 Å². The Bertz CT molecular complexity index is 563. The summed E-state index contributed by atoms with van der Waals surface area (Å²) in [6, 6.07) is 7.34. The number of nitrogens with one attached hydrogen (secondary N) is 1. The smallest absolute Gasteiger partial charge is 0.137 e. The van der Waals surface area contributed by atoms with Gasteiger partial charge in [0.05, 0.1) is 23.9 Å². The van der Waals surface area contributed by atoms with E-state index in [2.05, 4.69) is 10.5 Å². The van der Waals surface area contributed by atoms with Gasteiger partial charge in [0.15, 0.2) is 0 Å². The summed E-state index contributed by atoms with van der Waals surface area (Å²) in [5, 5.41) is 5.00. The third-order valence-corrected chi connectivity index (χ3v) is 3.42. The molecule has 0 amide bonds. The van der Waals surface area contributed by atoms with Gasteiger partial charge in [0.25, 0.3) is 0 Å². The molecular formula is C13H17ClN4O. The highest BCUT2D eigenvalue weighted by atomic mass is 35.5. The van der Waals surface area contributed by atoms with Gasteiger partial charge in [0, 0.05) is 12.7 Å². The molecule has 0 spiro atoms. The Kier molecular flexibility index (Phi) is 4.09. The van der Waals surface area contributed by atoms with E-state index >= 15 is 0 Å². The first-order valence-corrected chi connectivity index (χ1v) is 6.24. The van der Waals surface area contributed by atoms with Crippen LogP contribution in [-0.2, 0) is 7.05 Å². The summed E-state index contributed by atoms with van der Waals surface area (Å²) >= 11 is 6.02. The molecule has 1 heterocycles. The van der Waals surface area contributed by atoms with E-state index in [1.807, 2.05) is 36.9 Å². The van der Waals surface area contributed by atoms with Gasteiger partial charge in [-0.05, 0) is 30.7 Å². The Balaban J connectivity index is 2.41. The van der Waals surface area contributed by atoms with E-state index in [4.69, 9.17) is 22.2 Å². The minimum atomic E-state index is -0.203. The number of aromatic nitrogens is 2. The number of hydrogen-bond donors (Lipinski definition) is 2. The normalized spacial score (nSPS) is 12.5. The predicted octanol–water partition coefficient (Wildman–Crippen LogP) is 1.94. The summed E-state index contributed by atoms with van der Waals surface area (Å²) in [5.74, 6) is 6.27. The lowest BCUT2D eigenvalue weighted by molar-refractivity contribution is 0.414. The number of benzene rings is 1. The molecule has 5 nitrogen and oxygen atoms in total. The van der Waals surface area contributed by atoms with Crippen molar-refractivity contribution >= 4 is 11.6 Å². The van der Waals surface area contributed by atoms with Gasteiger partial charge in [-0.3, -0.25) is 10.5 Å². The van der Waals surface area contributed by atoms with Crippen LogP contribution in [0.4, 0.5) is 0 Å². The maximum atomic E-state index is 6.02. The van der Waals surface area contributed by atoms with Crippen molar-refractivity contribution in [1.29, 1.82) is 0 Å². The van der Waals surface area contributed by atoms with Gasteiger partial charge in [-0.2, -0.15) is 5.10 Å². The molecule has 0 aliphatic heterocycles. The fourth-order valence-electron chi connectivity index (χ4n) is 1.94. The van der Waals surface area contributed by atoms with E-state index in [1.165, 1.54) is 0 Å². The van der Waals surface area contributed by atoms with Crippen molar-refractivity contribution in [3.63, 3.8) is 0 Å². The monoisotopic (exact) mass is 280 g/mol. The Morgan fingerprint density at radius 3 is 2.68 bits per heavy atom. The Morgan fingerprint density at radius 1 is 1.42 bits per heavy atom. The van der Waals surface area contributed by atoms with E-state index in [-0.39, 0.29) is 6.04 Å². The van der Waals surface area contributed by atoms with E-state index in [1.54, 1.807) is 13.2 Å². The van der Waals surface area contributed by atoms with Crippen molar-refractivity contribution in [1.82, 2.24) is 15.2 Å². The molecule has 3 N–H and O–H groups in total. The minimum absolute atomic E-state index is 0.203. The number of halogens is 1. The van der Waals surface area contributed by atoms with Gasteiger partial charge in [-0.1, -0.05) is 17.7 Å². The second kappa shape index (κ2) is 5.61. The average molecular weight is 281 g/mol. The number of hydrogen-bond acceptors (Lipinski definition) is 4. The van der Waals surface area contributed by atoms with Gasteiger partial charge >= 0.3 is 0 Å². The molecule has 1 aromatic heterocycles. The van der Waals surface area contributed by atoms with Crippen molar-refractivity contribution < 1.29 is 4.74 Å². The van der Waals surface area contributed by atoms with Crippen LogP contribution in [0, 0.1) is 6.92 Å². The molecule has 0 radical (unpaired) electrons. The summed E-state index contributed by atoms with van der Waals surface area (Å²) < 4.78 is 7.03. The van der Waals surface area contributed by atoms with Gasteiger partial charge in [-0.15, -0.1) is 0 Å². The third kappa shape index (κ3) is 2.73. The standard InChI is InChI=1S/C13H17ClN4O/c1-8-6-11(17-18(8)2)13(16-15)9-4-5-10(14)12(7-9)19-3/h4-7,13,16H,15H2,1-3H3. The van der Waals surface area contributed by atoms with Gasteiger partial charge in [-0.25, -0.2) is 5.43 Å². The summed E-state index contributed by atoms with van der Waals surface area (Å²) in [5.41, 5.74) is 5.64. The first kappa shape index (κ1) is 13.9. The van der Waals surface area contributed by atoms with Gasteiger partial charge in [0.1, 0.15) is 5.75 Å². The minimum Gasteiger partial charge on any atom is -0.495 e. The van der Waals surface area contributed by atoms with Crippen LogP contribution in [0.3, 0.4) is 0 Å². The lowest BCUT2D eigenvalue weighted by Crippen LogP contribution is -2.29. The van der Waals surface area contributed by atoms with Crippen molar-refractivity contribution in [2.24, 2.45) is 12.9 Å². The van der Waals surface area contributed by atoms with Crippen molar-refractivity contribution in [3.8, 4) is 5.75 Å². The van der Waals surface area contributed by atoms with Crippen LogP contribution in [0.1, 0.15) is 23.0 Å². The highest BCUT2D eigenvalue weighted by molar-refractivity contribution is 6.32. The predicted molar refractivity (Wildman–Crippen MR) is 75.1 cm³/mol. The summed E-state index contributed by atoms with van der Waals surface area (Å²) in [4.78, 5) is 0. The Hall–Kier alpha value is -1.56. The summed E-state index contributed by atoms with van der Waals surface area (Å²) in [7, 11) is 3.48. The lowest BCUT2D eigenvalue weighted by Gasteiger charge is -2.15. The molecule has 102 valence electrons. The molecule has 19 heavy (non-hydrogen) atoms. The quantitative estimate of drug-likeness (QED) is 0.664. The van der Waals surface area contributed by atoms with Crippen LogP contribution in [0.15, 0.2) is 24.3 Å². The zero-order chi connectivity index (χ0) is 14.0. The molecule has 0 saturated heterocycles. The number of methoxy groups -OCH3 is 1. The maximum absolute atomic E-state index is 6.02. The fraction of sp³-hybridized carbons (Fsp3) is 0.308. The highest BCUT2D eigenvalue weighted by Gasteiger charge is 2.17. The Labute approximate surface area is 117 Å². The van der Waals surface area contributed by atoms with Crippen LogP contribution in [0.2, 0.25) is 5.02 Å². The molecule has 0 aliphatic rings. The molecule has 1 aromatic carbocycles. The second-order valence-corrected chi connectivity index (χ2v) is 4.74. The van der Waals surface area contributed by atoms with Crippen molar-refractivity contribution in [2.75, 3.05) is 7.11 Å². The van der Waals surface area contributed by atoms with E-state index < -0.39 is 0 Å². The lowest BCUT2D eigenvalue weighted by atomic mass is 10.0. The van der Waals surface area contributed by atoms with E-state index in [9.17, 15) is 0 Å². The molecule has 1 atom stereocenters. The molecule has 0 saturated carbocycles. The highest BCUT2D eigenvalue weighted by Crippen LogP contribution is 2.29. The average Bonchev–Trinajstić information content (AvgIpc) is 2.72. The van der Waals surface area contributed by atoms with E-state index in [0.717, 1.165) is 17.0 Å². The van der Waals surface area contributed by atoms with Gasteiger partial charge in [0.2, 0.25) is 0 Å². The van der Waals surface area contributed by atoms with E-state index in [0.29, 0.717) is 10.8 Å². The number of ether oxygens (including phenoxy) is 1. The summed E-state index contributed by atoms with van der Waals surface area (Å²) in [6.07, 6.45) is 0. The van der Waals surface area contributed by atoms with Crippen LogP contribution < -0.4 is 16.0 Å². The zero-order valence-electron chi connectivity index (χ0n) is 11.1. The number of rotatable bonds is 4. The zero-order valence-corrected chi connectivity index (χ0v) is 11.9. The topological polar surface area (TPSA) is 65.1 Å². The molecule has 0 fully saturated rings. The fourth-order valence-corrected chi connectivity index (χ4v) is 2.13. The number of hydrazine groups is 1. The molecule has 1 unspecified atom stereocenters. The summed E-state index contributed by atoms with van der Waals surface area (Å²) in [6.45, 7) is 1.99. The molecule has 0 aliphatic carbocycles. The van der Waals surface area contributed by atoms with Crippen LogP contribution in [0.5, 0.6) is 5.75 Å². The molecule has 2 rings (SSSR count). The maximum Gasteiger partial charge on any atom is 0.137 e. The largest absolute Gasteiger partial charge is 0.495 e. The first-order valence-electron chi connectivity index (χ1n) is 5.87. The molecule has 0 bridgehead atoms. The van der Waals surface area contributed by atoms with Crippen LogP contribution in [-0.4, -0.2) is 16.9 Å². The van der Waals surface area contributed by atoms with Crippen LogP contribution in [0.25, 0.3) is 0 Å². The Morgan fingerprint density at radius 2 is 2.16 bits per heavy atom. The van der Waals surface area contributed by atoms with Crippen molar-refractivity contribution in [3.05, 3.63) is 46.2 Å². The third-order valence-electron chi connectivity index (χ3n) is 3.10. The first-order chi connectivity index (χ1) is 9.06. The number of aryl methyl sites for hydroxylation is 2. The van der Waals surface area contributed by atoms with Crippen molar-refractivity contribution in [2.45, 2.75) is 13.0 Å². The number of nitrogens with two attached hydrogens (primary N) is 1.